The van der Waals surface area contributed by atoms with Crippen LogP contribution in [-0.2, 0) is 0 Å². The Morgan fingerprint density at radius 3 is 2.68 bits per heavy atom. The van der Waals surface area contributed by atoms with E-state index >= 15 is 0 Å². The quantitative estimate of drug-likeness (QED) is 0.537. The summed E-state index contributed by atoms with van der Waals surface area (Å²) in [6.07, 6.45) is 0. The Hall–Kier alpha value is -2.88. The molecule has 1 amide bonds. The molecule has 3 N–H and O–H groups in total. The topological polar surface area (TPSA) is 120 Å². The van der Waals surface area contributed by atoms with Crippen LogP contribution in [0.1, 0.15) is 27.7 Å². The molecule has 9 nitrogen and oxygen atoms in total. The molecule has 1 fully saturated rings. The van der Waals surface area contributed by atoms with E-state index in [-0.39, 0.29) is 53.5 Å². The van der Waals surface area contributed by atoms with Crippen molar-refractivity contribution in [2.45, 2.75) is 13.0 Å². The summed E-state index contributed by atoms with van der Waals surface area (Å²) in [5.74, 6) is 0.436. The lowest BCUT2D eigenvalue weighted by Crippen LogP contribution is -2.49. The number of pyridine rings is 1. The van der Waals surface area contributed by atoms with Crippen molar-refractivity contribution in [3.05, 3.63) is 68.0 Å². The van der Waals surface area contributed by atoms with Gasteiger partial charge in [-0.25, -0.2) is 9.78 Å². The molecule has 0 radical (unpaired) electrons. The lowest BCUT2D eigenvalue weighted by molar-refractivity contribution is 0.0626. The van der Waals surface area contributed by atoms with Crippen molar-refractivity contribution in [3.8, 4) is 5.75 Å². The van der Waals surface area contributed by atoms with Crippen molar-refractivity contribution in [2.24, 2.45) is 0 Å². The zero-order chi connectivity index (χ0) is 20.5. The summed E-state index contributed by atoms with van der Waals surface area (Å²) >= 11 is 0. The Morgan fingerprint density at radius 1 is 1.19 bits per heavy atom. The molecular formula is C20H23Cl2N5O4. The number of aromatic amines is 2. The first-order chi connectivity index (χ1) is 14.0. The molecule has 1 aliphatic heterocycles. The van der Waals surface area contributed by atoms with Gasteiger partial charge in [-0.2, -0.15) is 0 Å². The molecule has 11 heteroatoms. The van der Waals surface area contributed by atoms with Crippen LogP contribution in [0.4, 0.5) is 0 Å². The van der Waals surface area contributed by atoms with Gasteiger partial charge in [0.1, 0.15) is 17.1 Å². The van der Waals surface area contributed by atoms with Crippen LogP contribution in [-0.4, -0.2) is 52.5 Å². The number of aromatic nitrogens is 3. The summed E-state index contributed by atoms with van der Waals surface area (Å²) in [5.41, 5.74) is 0.566. The van der Waals surface area contributed by atoms with Crippen LogP contribution in [0, 0.1) is 6.92 Å². The van der Waals surface area contributed by atoms with Crippen LogP contribution < -0.4 is 21.3 Å². The Morgan fingerprint density at radius 2 is 1.94 bits per heavy atom. The number of hydrogen-bond acceptors (Lipinski definition) is 6. The SMILES string of the molecule is COc1ccccc1C1CNCCN1C(=O)c1cc(C)c2c(=O)[nH]c(=O)[nH]c2n1.Cl.Cl. The number of ether oxygens (including phenoxy) is 1. The number of carbonyl (C=O) groups is 1. The van der Waals surface area contributed by atoms with Crippen LogP contribution in [0.3, 0.4) is 0 Å². The van der Waals surface area contributed by atoms with E-state index in [1.54, 1.807) is 25.0 Å². The molecule has 2 aromatic heterocycles. The maximum atomic E-state index is 13.4. The van der Waals surface area contributed by atoms with Gasteiger partial charge in [0, 0.05) is 25.2 Å². The Kier molecular flexibility index (Phi) is 7.83. The molecule has 3 heterocycles. The molecule has 1 aromatic carbocycles. The summed E-state index contributed by atoms with van der Waals surface area (Å²) in [6, 6.07) is 8.94. The van der Waals surface area contributed by atoms with Crippen LogP contribution in [0.5, 0.6) is 5.75 Å². The van der Waals surface area contributed by atoms with E-state index in [1.807, 2.05) is 24.3 Å². The normalized spacial score (nSPS) is 15.7. The third-order valence-corrected chi connectivity index (χ3v) is 5.12. The molecule has 166 valence electrons. The van der Waals surface area contributed by atoms with Crippen molar-refractivity contribution in [3.63, 3.8) is 0 Å². The zero-order valence-electron chi connectivity index (χ0n) is 16.9. The zero-order valence-corrected chi connectivity index (χ0v) is 18.6. The number of amides is 1. The predicted octanol–water partition coefficient (Wildman–Crippen LogP) is 1.56. The fourth-order valence-electron chi connectivity index (χ4n) is 3.78. The standard InChI is InChI=1S/C20H21N5O4.2ClH/c1-11-9-13(22-17-16(11)18(26)24-20(28)23-17)19(27)25-8-7-21-10-14(25)12-5-3-4-6-15(12)29-2;;/h3-6,9,14,21H,7-8,10H2,1-2H3,(H2,22,23,24,26,28);2*1H. The number of rotatable bonds is 3. The van der Waals surface area contributed by atoms with Crippen molar-refractivity contribution in [1.29, 1.82) is 0 Å². The summed E-state index contributed by atoms with van der Waals surface area (Å²) in [5, 5.41) is 3.58. The van der Waals surface area contributed by atoms with Gasteiger partial charge in [0.2, 0.25) is 0 Å². The second-order valence-electron chi connectivity index (χ2n) is 6.92. The Bertz CT molecular complexity index is 1210. The monoisotopic (exact) mass is 467 g/mol. The van der Waals surface area contributed by atoms with Gasteiger partial charge in [-0.3, -0.25) is 19.6 Å². The van der Waals surface area contributed by atoms with Crippen molar-refractivity contribution in [2.75, 3.05) is 26.7 Å². The van der Waals surface area contributed by atoms with E-state index in [0.29, 0.717) is 30.9 Å². The number of hydrogen-bond donors (Lipinski definition) is 3. The molecule has 0 saturated carbocycles. The number of nitrogens with one attached hydrogen (secondary N) is 3. The second-order valence-corrected chi connectivity index (χ2v) is 6.92. The number of piperazine rings is 1. The van der Waals surface area contributed by atoms with Crippen LogP contribution >= 0.6 is 24.8 Å². The highest BCUT2D eigenvalue weighted by Crippen LogP contribution is 2.31. The molecule has 3 aromatic rings. The number of halogens is 2. The van der Waals surface area contributed by atoms with Gasteiger partial charge in [0.15, 0.2) is 0 Å². The maximum absolute atomic E-state index is 13.4. The van der Waals surface area contributed by atoms with Crippen molar-refractivity contribution >= 4 is 41.8 Å². The van der Waals surface area contributed by atoms with Gasteiger partial charge in [-0.05, 0) is 24.6 Å². The molecule has 1 atom stereocenters. The molecule has 1 unspecified atom stereocenters. The van der Waals surface area contributed by atoms with Crippen LogP contribution in [0.15, 0.2) is 39.9 Å². The molecule has 0 spiro atoms. The minimum Gasteiger partial charge on any atom is -0.496 e. The minimum absolute atomic E-state index is 0. The molecule has 1 saturated heterocycles. The predicted molar refractivity (Wildman–Crippen MR) is 122 cm³/mol. The van der Waals surface area contributed by atoms with E-state index < -0.39 is 11.2 Å². The van der Waals surface area contributed by atoms with E-state index in [0.717, 1.165) is 5.56 Å². The smallest absolute Gasteiger partial charge is 0.327 e. The highest BCUT2D eigenvalue weighted by atomic mass is 35.5. The summed E-state index contributed by atoms with van der Waals surface area (Å²) in [6.45, 7) is 3.44. The molecule has 4 rings (SSSR count). The highest BCUT2D eigenvalue weighted by molar-refractivity contribution is 5.95. The highest BCUT2D eigenvalue weighted by Gasteiger charge is 2.31. The number of aryl methyl sites for hydroxylation is 1. The van der Waals surface area contributed by atoms with Gasteiger partial charge < -0.3 is 15.0 Å². The third-order valence-electron chi connectivity index (χ3n) is 5.12. The fraction of sp³-hybridized carbons (Fsp3) is 0.300. The second kappa shape index (κ2) is 9.95. The lowest BCUT2D eigenvalue weighted by Gasteiger charge is -2.37. The first-order valence-electron chi connectivity index (χ1n) is 9.28. The first kappa shape index (κ1) is 24.4. The van der Waals surface area contributed by atoms with Gasteiger partial charge in [0.05, 0.1) is 18.5 Å². The van der Waals surface area contributed by atoms with Gasteiger partial charge in [-0.15, -0.1) is 24.8 Å². The average molecular weight is 468 g/mol. The average Bonchev–Trinajstić information content (AvgIpc) is 2.72. The van der Waals surface area contributed by atoms with Crippen LogP contribution in [0.2, 0.25) is 0 Å². The molecule has 0 bridgehead atoms. The fourth-order valence-corrected chi connectivity index (χ4v) is 3.78. The minimum atomic E-state index is -0.659. The number of fused-ring (bicyclic) bond motifs is 1. The van der Waals surface area contributed by atoms with Gasteiger partial charge in [0.25, 0.3) is 11.5 Å². The number of carbonyl (C=O) groups excluding carboxylic acids is 1. The number of H-pyrrole nitrogens is 2. The van der Waals surface area contributed by atoms with Crippen molar-refractivity contribution < 1.29 is 9.53 Å². The third kappa shape index (κ3) is 4.58. The molecular weight excluding hydrogens is 445 g/mol. The summed E-state index contributed by atoms with van der Waals surface area (Å²) < 4.78 is 5.48. The molecule has 31 heavy (non-hydrogen) atoms. The Labute approximate surface area is 190 Å². The van der Waals surface area contributed by atoms with E-state index in [2.05, 4.69) is 20.3 Å². The van der Waals surface area contributed by atoms with E-state index in [4.69, 9.17) is 4.74 Å². The van der Waals surface area contributed by atoms with Gasteiger partial charge >= 0.3 is 5.69 Å². The number of benzene rings is 1. The summed E-state index contributed by atoms with van der Waals surface area (Å²) in [4.78, 5) is 47.8. The number of nitrogens with zero attached hydrogens (tertiary/aromatic N) is 2. The number of para-hydroxylation sites is 1. The van der Waals surface area contributed by atoms with Crippen molar-refractivity contribution in [1.82, 2.24) is 25.2 Å². The van der Waals surface area contributed by atoms with Crippen LogP contribution in [0.25, 0.3) is 11.0 Å². The summed E-state index contributed by atoms with van der Waals surface area (Å²) in [7, 11) is 1.60. The molecule has 1 aliphatic rings. The Balaban J connectivity index is 0.00000171. The van der Waals surface area contributed by atoms with E-state index in [9.17, 15) is 14.4 Å². The number of methoxy groups -OCH3 is 1. The maximum Gasteiger partial charge on any atom is 0.327 e. The van der Waals surface area contributed by atoms with Gasteiger partial charge in [-0.1, -0.05) is 18.2 Å². The largest absolute Gasteiger partial charge is 0.496 e. The van der Waals surface area contributed by atoms with E-state index in [1.165, 1.54) is 0 Å². The lowest BCUT2D eigenvalue weighted by atomic mass is 10.0. The molecule has 0 aliphatic carbocycles. The first-order valence-corrected chi connectivity index (χ1v) is 9.28.